The van der Waals surface area contributed by atoms with Crippen LogP contribution in [-0.2, 0) is 9.59 Å². The number of hydrogen-bond acceptors (Lipinski definition) is 5. The second-order valence-corrected chi connectivity index (χ2v) is 7.88. The van der Waals surface area contributed by atoms with E-state index < -0.39 is 17.7 Å². The molecule has 1 aliphatic heterocycles. The van der Waals surface area contributed by atoms with Crippen LogP contribution in [0.4, 0.5) is 5.69 Å². The average Bonchev–Trinajstić information content (AvgIpc) is 3.06. The Morgan fingerprint density at radius 1 is 0.969 bits per heavy atom. The van der Waals surface area contributed by atoms with Crippen molar-refractivity contribution >= 4 is 23.1 Å². The van der Waals surface area contributed by atoms with Crippen molar-refractivity contribution in [2.45, 2.75) is 26.8 Å². The zero-order chi connectivity index (χ0) is 23.0. The number of nitrogens with zero attached hydrogens (tertiary/aromatic N) is 2. The maximum atomic E-state index is 13.2. The summed E-state index contributed by atoms with van der Waals surface area (Å²) in [5.41, 5.74) is 4.39. The van der Waals surface area contributed by atoms with Crippen LogP contribution in [0.15, 0.2) is 66.4 Å². The lowest BCUT2D eigenvalue weighted by atomic mass is 9.97. The first-order valence-corrected chi connectivity index (χ1v) is 10.3. The van der Waals surface area contributed by atoms with Gasteiger partial charge in [0.15, 0.2) is 0 Å². The number of ether oxygens (including phenoxy) is 1. The number of benzene rings is 2. The van der Waals surface area contributed by atoms with Gasteiger partial charge < -0.3 is 9.84 Å². The zero-order valence-corrected chi connectivity index (χ0v) is 18.4. The molecular formula is C26H24N2O4. The number of ketones is 1. The highest BCUT2D eigenvalue weighted by Gasteiger charge is 2.47. The molecule has 1 unspecified atom stereocenters. The van der Waals surface area contributed by atoms with Crippen LogP contribution < -0.4 is 9.64 Å². The van der Waals surface area contributed by atoms with E-state index in [-0.39, 0.29) is 11.3 Å². The summed E-state index contributed by atoms with van der Waals surface area (Å²) in [6, 6.07) is 15.2. The minimum absolute atomic E-state index is 0.0106. The van der Waals surface area contributed by atoms with Gasteiger partial charge in [-0.2, -0.15) is 0 Å². The third-order valence-corrected chi connectivity index (χ3v) is 5.85. The molecule has 1 saturated heterocycles. The lowest BCUT2D eigenvalue weighted by molar-refractivity contribution is -0.132. The van der Waals surface area contributed by atoms with E-state index in [1.807, 2.05) is 32.9 Å². The number of methoxy groups -OCH3 is 1. The number of hydrogen-bond donors (Lipinski definition) is 1. The largest absolute Gasteiger partial charge is 0.507 e. The van der Waals surface area contributed by atoms with Crippen LogP contribution in [0.1, 0.15) is 34.0 Å². The predicted molar refractivity (Wildman–Crippen MR) is 123 cm³/mol. The zero-order valence-electron chi connectivity index (χ0n) is 18.4. The molecule has 0 bridgehead atoms. The maximum Gasteiger partial charge on any atom is 0.300 e. The van der Waals surface area contributed by atoms with Crippen molar-refractivity contribution in [2.75, 3.05) is 12.0 Å². The summed E-state index contributed by atoms with van der Waals surface area (Å²) >= 11 is 0. The smallest absolute Gasteiger partial charge is 0.300 e. The van der Waals surface area contributed by atoms with E-state index in [9.17, 15) is 14.7 Å². The van der Waals surface area contributed by atoms with Gasteiger partial charge in [0.2, 0.25) is 0 Å². The molecule has 1 N–H and O–H groups in total. The lowest BCUT2D eigenvalue weighted by Gasteiger charge is -2.25. The number of amides is 1. The Kier molecular flexibility index (Phi) is 5.53. The molecule has 0 aliphatic carbocycles. The summed E-state index contributed by atoms with van der Waals surface area (Å²) in [7, 11) is 1.57. The van der Waals surface area contributed by atoms with Crippen LogP contribution in [0.5, 0.6) is 5.75 Å². The van der Waals surface area contributed by atoms with Gasteiger partial charge in [-0.1, -0.05) is 12.1 Å². The van der Waals surface area contributed by atoms with Gasteiger partial charge in [-0.15, -0.1) is 0 Å². The molecule has 0 saturated carbocycles. The Morgan fingerprint density at radius 2 is 1.75 bits per heavy atom. The van der Waals surface area contributed by atoms with Gasteiger partial charge in [-0.05, 0) is 79.9 Å². The van der Waals surface area contributed by atoms with Crippen LogP contribution in [0.3, 0.4) is 0 Å². The van der Waals surface area contributed by atoms with Crippen LogP contribution in [0.25, 0.3) is 5.76 Å². The third-order valence-electron chi connectivity index (χ3n) is 5.85. The first-order valence-electron chi connectivity index (χ1n) is 10.3. The van der Waals surface area contributed by atoms with Crippen LogP contribution in [0, 0.1) is 20.8 Å². The first kappa shape index (κ1) is 21.3. The Morgan fingerprint density at radius 3 is 2.38 bits per heavy atom. The minimum Gasteiger partial charge on any atom is -0.507 e. The number of aryl methyl sites for hydroxylation is 3. The number of aliphatic hydroxyl groups excluding tert-OH is 1. The number of pyridine rings is 1. The van der Waals surface area contributed by atoms with E-state index >= 15 is 0 Å². The molecule has 6 nitrogen and oxygen atoms in total. The highest BCUT2D eigenvalue weighted by Crippen LogP contribution is 2.42. The molecule has 3 aromatic rings. The van der Waals surface area contributed by atoms with Crippen molar-refractivity contribution in [3.63, 3.8) is 0 Å². The topological polar surface area (TPSA) is 79.7 Å². The summed E-state index contributed by atoms with van der Waals surface area (Å²) < 4.78 is 5.29. The Balaban J connectivity index is 1.94. The Labute approximate surface area is 186 Å². The van der Waals surface area contributed by atoms with Crippen LogP contribution in [0.2, 0.25) is 0 Å². The van der Waals surface area contributed by atoms with Gasteiger partial charge in [-0.3, -0.25) is 19.5 Å². The van der Waals surface area contributed by atoms with E-state index in [0.29, 0.717) is 22.7 Å². The number of aliphatic hydroxyl groups is 1. The fourth-order valence-corrected chi connectivity index (χ4v) is 3.97. The van der Waals surface area contributed by atoms with E-state index in [1.165, 1.54) is 4.90 Å². The van der Waals surface area contributed by atoms with Gasteiger partial charge in [0.05, 0.1) is 18.4 Å². The number of aromatic nitrogens is 1. The highest BCUT2D eigenvalue weighted by atomic mass is 16.5. The predicted octanol–water partition coefficient (Wildman–Crippen LogP) is 4.64. The van der Waals surface area contributed by atoms with Crippen molar-refractivity contribution in [1.82, 2.24) is 4.98 Å². The number of carbonyl (C=O) groups is 2. The second-order valence-electron chi connectivity index (χ2n) is 7.88. The SMILES string of the molecule is COc1ccc(/C(O)=C2\C(=O)C(=O)N(c3ccc(C)c(C)c3)C2c2ccccn2)cc1C. The van der Waals surface area contributed by atoms with Crippen LogP contribution in [-0.4, -0.2) is 28.9 Å². The molecule has 32 heavy (non-hydrogen) atoms. The van der Waals surface area contributed by atoms with Crippen molar-refractivity contribution in [2.24, 2.45) is 0 Å². The van der Waals surface area contributed by atoms with Crippen molar-refractivity contribution < 1.29 is 19.4 Å². The Hall–Kier alpha value is -3.93. The number of carbonyl (C=O) groups excluding carboxylic acids is 2. The molecule has 1 atom stereocenters. The van der Waals surface area contributed by atoms with Gasteiger partial charge in [-0.25, -0.2) is 0 Å². The van der Waals surface area contributed by atoms with Crippen LogP contribution >= 0.6 is 0 Å². The average molecular weight is 428 g/mol. The molecular weight excluding hydrogens is 404 g/mol. The molecule has 4 rings (SSSR count). The molecule has 1 amide bonds. The molecule has 1 aliphatic rings. The molecule has 6 heteroatoms. The third kappa shape index (κ3) is 3.54. The van der Waals surface area contributed by atoms with Crippen molar-refractivity contribution in [3.05, 3.63) is 94.3 Å². The summed E-state index contributed by atoms with van der Waals surface area (Å²) in [4.78, 5) is 32.2. The molecule has 162 valence electrons. The van der Waals surface area contributed by atoms with E-state index in [2.05, 4.69) is 4.98 Å². The molecule has 0 radical (unpaired) electrons. The van der Waals surface area contributed by atoms with Gasteiger partial charge in [0, 0.05) is 17.4 Å². The second kappa shape index (κ2) is 8.30. The van der Waals surface area contributed by atoms with Crippen molar-refractivity contribution in [1.29, 1.82) is 0 Å². The number of rotatable bonds is 4. The first-order chi connectivity index (χ1) is 15.3. The Bertz CT molecular complexity index is 1250. The maximum absolute atomic E-state index is 13.2. The van der Waals surface area contributed by atoms with Crippen molar-refractivity contribution in [3.8, 4) is 5.75 Å². The quantitative estimate of drug-likeness (QED) is 0.372. The van der Waals surface area contributed by atoms with E-state index in [1.54, 1.807) is 55.8 Å². The fourth-order valence-electron chi connectivity index (χ4n) is 3.97. The fraction of sp³-hybridized carbons (Fsp3) is 0.192. The monoisotopic (exact) mass is 428 g/mol. The summed E-state index contributed by atoms with van der Waals surface area (Å²) in [6.45, 7) is 5.78. The summed E-state index contributed by atoms with van der Waals surface area (Å²) in [5, 5.41) is 11.2. The molecule has 1 aromatic heterocycles. The summed E-state index contributed by atoms with van der Waals surface area (Å²) in [5.74, 6) is -1.02. The molecule has 1 fully saturated rings. The molecule has 0 spiro atoms. The van der Waals surface area contributed by atoms with E-state index in [0.717, 1.165) is 16.7 Å². The van der Waals surface area contributed by atoms with E-state index in [4.69, 9.17) is 4.74 Å². The summed E-state index contributed by atoms with van der Waals surface area (Å²) in [6.07, 6.45) is 1.60. The highest BCUT2D eigenvalue weighted by molar-refractivity contribution is 6.51. The number of anilines is 1. The minimum atomic E-state index is -0.847. The normalized spacial score (nSPS) is 17.6. The standard InChI is InChI=1S/C26H24N2O4/c1-15-8-10-19(14-16(15)2)28-23(20-7-5-6-12-27-20)22(25(30)26(28)31)24(29)18-9-11-21(32-4)17(3)13-18/h5-14,23,29H,1-4H3/b24-22+. The van der Waals surface area contributed by atoms with Gasteiger partial charge in [0.25, 0.3) is 11.7 Å². The molecule has 2 aromatic carbocycles. The molecule has 2 heterocycles. The van der Waals surface area contributed by atoms with Gasteiger partial charge in [0.1, 0.15) is 17.6 Å². The van der Waals surface area contributed by atoms with Gasteiger partial charge >= 0.3 is 0 Å². The lowest BCUT2D eigenvalue weighted by Crippen LogP contribution is -2.29. The number of Topliss-reactive ketones (excluding diaryl/α,β-unsaturated/α-hetero) is 1.